The number of para-hydroxylation sites is 1. The topological polar surface area (TPSA) is 62.4 Å². The fourth-order valence-corrected chi connectivity index (χ4v) is 2.82. The van der Waals surface area contributed by atoms with Gasteiger partial charge in [0.25, 0.3) is 0 Å². The first-order valence-corrected chi connectivity index (χ1v) is 9.19. The number of hydrogen-bond acceptors (Lipinski definition) is 4. The van der Waals surface area contributed by atoms with E-state index in [9.17, 15) is 4.79 Å². The Morgan fingerprint density at radius 3 is 2.11 bits per heavy atom. The molecule has 142 valence electrons. The zero-order chi connectivity index (χ0) is 19.8. The molecule has 0 spiro atoms. The number of nitrogens with one attached hydrogen (secondary N) is 3. The Bertz CT molecular complexity index is 926. The number of rotatable bonds is 6. The Kier molecular flexibility index (Phi) is 6.59. The highest BCUT2D eigenvalue weighted by Gasteiger charge is 2.07. The first kappa shape index (κ1) is 19.4. The molecule has 0 aliphatic heterocycles. The normalized spacial score (nSPS) is 10.0. The number of hydrogen-bond donors (Lipinski definition) is 3. The van der Waals surface area contributed by atoms with Crippen LogP contribution in [0.1, 0.15) is 5.56 Å². The minimum Gasteiger partial charge on any atom is -0.497 e. The molecule has 0 aliphatic carbocycles. The van der Waals surface area contributed by atoms with Crippen LogP contribution in [0.2, 0.25) is 0 Å². The van der Waals surface area contributed by atoms with Crippen LogP contribution < -0.4 is 20.7 Å². The minimum absolute atomic E-state index is 0.176. The fourth-order valence-electron chi connectivity index (χ4n) is 2.59. The van der Waals surface area contributed by atoms with Gasteiger partial charge in [-0.15, -0.1) is 0 Å². The number of methoxy groups -OCH3 is 1. The highest BCUT2D eigenvalue weighted by atomic mass is 32.1. The van der Waals surface area contributed by atoms with E-state index in [0.29, 0.717) is 0 Å². The molecule has 0 bridgehead atoms. The number of amides is 1. The lowest BCUT2D eigenvalue weighted by Gasteiger charge is -2.11. The number of carbonyl (C=O) groups is 1. The molecule has 3 N–H and O–H groups in total. The van der Waals surface area contributed by atoms with Gasteiger partial charge in [0.15, 0.2) is 5.11 Å². The van der Waals surface area contributed by atoms with E-state index in [0.717, 1.165) is 28.4 Å². The highest BCUT2D eigenvalue weighted by molar-refractivity contribution is 7.80. The number of thiocarbonyl (C=S) groups is 1. The molecule has 0 atom stereocenters. The fraction of sp³-hybridized carbons (Fsp3) is 0.0909. The Morgan fingerprint density at radius 1 is 0.857 bits per heavy atom. The molecular weight excluding hydrogens is 370 g/mol. The third kappa shape index (κ3) is 5.82. The van der Waals surface area contributed by atoms with E-state index in [2.05, 4.69) is 16.0 Å². The number of anilines is 3. The summed E-state index contributed by atoms with van der Waals surface area (Å²) >= 11 is 5.23. The molecule has 0 fully saturated rings. The molecule has 6 heteroatoms. The average molecular weight is 391 g/mol. The summed E-state index contributed by atoms with van der Waals surface area (Å²) in [5.41, 5.74) is 3.67. The molecule has 5 nitrogen and oxygen atoms in total. The van der Waals surface area contributed by atoms with Crippen molar-refractivity contribution in [1.29, 1.82) is 0 Å². The summed E-state index contributed by atoms with van der Waals surface area (Å²) in [6.07, 6.45) is 0.242. The van der Waals surface area contributed by atoms with Crippen LogP contribution in [0, 0.1) is 0 Å². The lowest BCUT2D eigenvalue weighted by molar-refractivity contribution is -0.119. The van der Waals surface area contributed by atoms with Gasteiger partial charge in [0.1, 0.15) is 5.75 Å². The second-order valence-corrected chi connectivity index (χ2v) is 6.50. The van der Waals surface area contributed by atoms with Gasteiger partial charge in [-0.3, -0.25) is 4.79 Å². The summed E-state index contributed by atoms with van der Waals surface area (Å²) in [6, 6.07) is 25.0. The molecule has 0 aromatic heterocycles. The summed E-state index contributed by atoms with van der Waals surface area (Å²) in [5, 5.41) is 9.29. The lowest BCUT2D eigenvalue weighted by atomic mass is 10.1. The van der Waals surface area contributed by atoms with Crippen molar-refractivity contribution in [2.45, 2.75) is 6.42 Å². The van der Waals surface area contributed by atoms with Crippen molar-refractivity contribution in [1.82, 2.24) is 5.32 Å². The highest BCUT2D eigenvalue weighted by Crippen LogP contribution is 2.18. The monoisotopic (exact) mass is 391 g/mol. The van der Waals surface area contributed by atoms with Gasteiger partial charge < -0.3 is 20.7 Å². The number of carbonyl (C=O) groups excluding carboxylic acids is 1. The van der Waals surface area contributed by atoms with Gasteiger partial charge in [-0.1, -0.05) is 30.3 Å². The standard InChI is InChI=1S/C22H21N3O2S/c1-27-20-13-7-16(8-14-20)15-21(26)25-22(28)24-19-11-9-18(10-12-19)23-17-5-3-2-4-6-17/h2-14,23H,15H2,1H3,(H2,24,25,26,28). The van der Waals surface area contributed by atoms with Gasteiger partial charge in [0, 0.05) is 17.1 Å². The van der Waals surface area contributed by atoms with E-state index >= 15 is 0 Å². The van der Waals surface area contributed by atoms with Crippen LogP contribution in [0.3, 0.4) is 0 Å². The van der Waals surface area contributed by atoms with Crippen LogP contribution >= 0.6 is 12.2 Å². The second-order valence-electron chi connectivity index (χ2n) is 6.10. The summed E-state index contributed by atoms with van der Waals surface area (Å²) in [6.45, 7) is 0. The predicted molar refractivity (Wildman–Crippen MR) is 117 cm³/mol. The molecule has 3 rings (SSSR count). The van der Waals surface area contributed by atoms with Gasteiger partial charge >= 0.3 is 0 Å². The van der Waals surface area contributed by atoms with Gasteiger partial charge in [0.2, 0.25) is 5.91 Å². The molecule has 0 aliphatic rings. The van der Waals surface area contributed by atoms with E-state index in [1.807, 2.05) is 78.9 Å². The van der Waals surface area contributed by atoms with Crippen molar-refractivity contribution in [3.8, 4) is 5.75 Å². The maximum absolute atomic E-state index is 12.1. The van der Waals surface area contributed by atoms with Crippen molar-refractivity contribution >= 4 is 40.3 Å². The van der Waals surface area contributed by atoms with Crippen molar-refractivity contribution in [2.24, 2.45) is 0 Å². The molecule has 3 aromatic carbocycles. The van der Waals surface area contributed by atoms with E-state index in [-0.39, 0.29) is 17.4 Å². The summed E-state index contributed by atoms with van der Waals surface area (Å²) in [7, 11) is 1.61. The van der Waals surface area contributed by atoms with E-state index in [1.165, 1.54) is 0 Å². The molecule has 0 saturated carbocycles. The van der Waals surface area contributed by atoms with Crippen LogP contribution in [0.5, 0.6) is 5.75 Å². The quantitative estimate of drug-likeness (QED) is 0.540. The van der Waals surface area contributed by atoms with E-state index < -0.39 is 0 Å². The molecule has 0 saturated heterocycles. The summed E-state index contributed by atoms with van der Waals surface area (Å²) in [4.78, 5) is 12.1. The first-order chi connectivity index (χ1) is 13.6. The van der Waals surface area contributed by atoms with Gasteiger partial charge in [-0.25, -0.2) is 0 Å². The molecule has 0 heterocycles. The SMILES string of the molecule is COc1ccc(CC(=O)NC(=S)Nc2ccc(Nc3ccccc3)cc2)cc1. The molecule has 3 aromatic rings. The Morgan fingerprint density at radius 2 is 1.46 bits per heavy atom. The Hall–Kier alpha value is -3.38. The molecule has 28 heavy (non-hydrogen) atoms. The van der Waals surface area contributed by atoms with Crippen molar-refractivity contribution in [2.75, 3.05) is 17.7 Å². The third-order valence-corrected chi connectivity index (χ3v) is 4.19. The maximum Gasteiger partial charge on any atom is 0.230 e. The molecule has 1 amide bonds. The van der Waals surface area contributed by atoms with E-state index in [1.54, 1.807) is 7.11 Å². The van der Waals surface area contributed by atoms with Crippen LogP contribution in [0.4, 0.5) is 17.1 Å². The number of benzene rings is 3. The maximum atomic E-state index is 12.1. The van der Waals surface area contributed by atoms with Gasteiger partial charge in [-0.05, 0) is 66.3 Å². The number of ether oxygens (including phenoxy) is 1. The minimum atomic E-state index is -0.176. The average Bonchev–Trinajstić information content (AvgIpc) is 2.70. The largest absolute Gasteiger partial charge is 0.497 e. The second kappa shape index (κ2) is 9.53. The van der Waals surface area contributed by atoms with Crippen molar-refractivity contribution in [3.05, 3.63) is 84.4 Å². The van der Waals surface area contributed by atoms with Crippen LogP contribution in [-0.2, 0) is 11.2 Å². The third-order valence-electron chi connectivity index (χ3n) is 3.98. The summed E-state index contributed by atoms with van der Waals surface area (Å²) < 4.78 is 5.11. The Labute approximate surface area is 169 Å². The van der Waals surface area contributed by atoms with E-state index in [4.69, 9.17) is 17.0 Å². The van der Waals surface area contributed by atoms with Crippen molar-refractivity contribution in [3.63, 3.8) is 0 Å². The van der Waals surface area contributed by atoms with Crippen molar-refractivity contribution < 1.29 is 9.53 Å². The predicted octanol–water partition coefficient (Wildman–Crippen LogP) is 4.49. The summed E-state index contributed by atoms with van der Waals surface area (Å²) in [5.74, 6) is 0.580. The van der Waals surface area contributed by atoms with Crippen LogP contribution in [-0.4, -0.2) is 18.1 Å². The van der Waals surface area contributed by atoms with Gasteiger partial charge in [0.05, 0.1) is 13.5 Å². The first-order valence-electron chi connectivity index (χ1n) is 8.78. The lowest BCUT2D eigenvalue weighted by Crippen LogP contribution is -2.35. The molecular formula is C22H21N3O2S. The molecule has 0 radical (unpaired) electrons. The van der Waals surface area contributed by atoms with Gasteiger partial charge in [-0.2, -0.15) is 0 Å². The van der Waals surface area contributed by atoms with Crippen LogP contribution in [0.25, 0.3) is 0 Å². The molecule has 0 unspecified atom stereocenters. The Balaban J connectivity index is 1.49. The van der Waals surface area contributed by atoms with Crippen LogP contribution in [0.15, 0.2) is 78.9 Å². The zero-order valence-electron chi connectivity index (χ0n) is 15.4. The smallest absolute Gasteiger partial charge is 0.230 e. The zero-order valence-corrected chi connectivity index (χ0v) is 16.3.